The molecule has 134 valence electrons. The molecule has 1 aromatic carbocycles. The lowest BCUT2D eigenvalue weighted by atomic mass is 9.94. The molecule has 6 nitrogen and oxygen atoms in total. The first kappa shape index (κ1) is 17.5. The van der Waals surface area contributed by atoms with Gasteiger partial charge >= 0.3 is 0 Å². The number of phenols is 1. The number of nitrogens with one attached hydrogen (secondary N) is 1. The zero-order chi connectivity index (χ0) is 18.0. The van der Waals surface area contributed by atoms with Crippen molar-refractivity contribution >= 4 is 29.3 Å². The Hall–Kier alpha value is -2.28. The van der Waals surface area contributed by atoms with E-state index in [1.54, 1.807) is 23.1 Å². The fourth-order valence-corrected chi connectivity index (χ4v) is 3.73. The maximum atomic E-state index is 12.8. The van der Waals surface area contributed by atoms with Crippen LogP contribution in [0.4, 0.5) is 0 Å². The van der Waals surface area contributed by atoms with E-state index in [0.29, 0.717) is 16.4 Å². The monoisotopic (exact) mass is 362 g/mol. The predicted molar refractivity (Wildman–Crippen MR) is 98.6 cm³/mol. The van der Waals surface area contributed by atoms with Gasteiger partial charge in [0.25, 0.3) is 5.91 Å². The quantitative estimate of drug-likeness (QED) is 0.634. The minimum Gasteiger partial charge on any atom is -0.502 e. The van der Waals surface area contributed by atoms with Gasteiger partial charge in [-0.1, -0.05) is 19.3 Å². The third kappa shape index (κ3) is 3.42. The van der Waals surface area contributed by atoms with Gasteiger partial charge < -0.3 is 19.9 Å². The molecule has 1 aromatic rings. The van der Waals surface area contributed by atoms with E-state index in [4.69, 9.17) is 21.7 Å². The third-order valence-electron chi connectivity index (χ3n) is 4.66. The third-order valence-corrected chi connectivity index (χ3v) is 4.96. The second-order valence-corrected chi connectivity index (χ2v) is 6.62. The summed E-state index contributed by atoms with van der Waals surface area (Å²) < 4.78 is 10.3. The predicted octanol–water partition coefficient (Wildman–Crippen LogP) is 2.80. The number of thiocarbonyl (C=S) groups is 1. The van der Waals surface area contributed by atoms with Crippen LogP contribution in [0.15, 0.2) is 17.8 Å². The first-order valence-corrected chi connectivity index (χ1v) is 8.77. The Labute approximate surface area is 152 Å². The van der Waals surface area contributed by atoms with Crippen molar-refractivity contribution in [2.75, 3.05) is 14.2 Å². The Morgan fingerprint density at radius 3 is 2.36 bits per heavy atom. The highest BCUT2D eigenvalue weighted by Crippen LogP contribution is 2.38. The summed E-state index contributed by atoms with van der Waals surface area (Å²) in [5.74, 6) is 0.381. The fourth-order valence-electron chi connectivity index (χ4n) is 3.38. The van der Waals surface area contributed by atoms with Crippen LogP contribution in [-0.4, -0.2) is 41.3 Å². The lowest BCUT2D eigenvalue weighted by Gasteiger charge is -2.29. The largest absolute Gasteiger partial charge is 0.502 e. The van der Waals surface area contributed by atoms with Crippen LogP contribution in [0.1, 0.15) is 37.7 Å². The van der Waals surface area contributed by atoms with Gasteiger partial charge in [-0.2, -0.15) is 0 Å². The van der Waals surface area contributed by atoms with E-state index in [2.05, 4.69) is 5.32 Å². The highest BCUT2D eigenvalue weighted by molar-refractivity contribution is 7.80. The molecule has 2 fully saturated rings. The number of hydrogen-bond donors (Lipinski definition) is 2. The first-order chi connectivity index (χ1) is 12.0. The number of hydrogen-bond acceptors (Lipinski definition) is 5. The molecule has 0 aromatic heterocycles. The zero-order valence-electron chi connectivity index (χ0n) is 14.4. The lowest BCUT2D eigenvalue weighted by molar-refractivity contribution is -0.124. The molecule has 3 rings (SSSR count). The molecule has 2 aliphatic rings. The van der Waals surface area contributed by atoms with Crippen LogP contribution in [0.25, 0.3) is 6.08 Å². The first-order valence-electron chi connectivity index (χ1n) is 8.36. The molecule has 25 heavy (non-hydrogen) atoms. The highest BCUT2D eigenvalue weighted by Gasteiger charge is 2.36. The van der Waals surface area contributed by atoms with Crippen molar-refractivity contribution in [2.24, 2.45) is 0 Å². The van der Waals surface area contributed by atoms with Crippen LogP contribution in [0.2, 0.25) is 0 Å². The van der Waals surface area contributed by atoms with Crippen molar-refractivity contribution in [1.29, 1.82) is 0 Å². The fraction of sp³-hybridized carbons (Fsp3) is 0.444. The van der Waals surface area contributed by atoms with Crippen LogP contribution < -0.4 is 14.8 Å². The minimum absolute atomic E-state index is 0.0720. The minimum atomic E-state index is -0.108. The van der Waals surface area contributed by atoms with Gasteiger partial charge in [0, 0.05) is 6.04 Å². The summed E-state index contributed by atoms with van der Waals surface area (Å²) in [7, 11) is 2.93. The number of methoxy groups -OCH3 is 2. The molecule has 0 radical (unpaired) electrons. The number of benzene rings is 1. The molecule has 1 saturated heterocycles. The number of aromatic hydroxyl groups is 1. The summed E-state index contributed by atoms with van der Waals surface area (Å²) in [4.78, 5) is 14.5. The summed E-state index contributed by atoms with van der Waals surface area (Å²) in [6.07, 6.45) is 7.14. The summed E-state index contributed by atoms with van der Waals surface area (Å²) in [5.41, 5.74) is 1.10. The van der Waals surface area contributed by atoms with E-state index in [-0.39, 0.29) is 29.2 Å². The second kappa shape index (κ2) is 7.31. The molecule has 1 amide bonds. The van der Waals surface area contributed by atoms with E-state index in [0.717, 1.165) is 25.7 Å². The van der Waals surface area contributed by atoms with Crippen LogP contribution in [0, 0.1) is 0 Å². The normalized spacial score (nSPS) is 20.1. The van der Waals surface area contributed by atoms with Gasteiger partial charge in [0.2, 0.25) is 5.75 Å². The van der Waals surface area contributed by atoms with E-state index in [9.17, 15) is 9.90 Å². The van der Waals surface area contributed by atoms with Crippen molar-refractivity contribution in [3.8, 4) is 17.2 Å². The molecule has 2 N–H and O–H groups in total. The van der Waals surface area contributed by atoms with Crippen LogP contribution >= 0.6 is 12.2 Å². The second-order valence-electron chi connectivity index (χ2n) is 6.23. The van der Waals surface area contributed by atoms with E-state index < -0.39 is 0 Å². The standard InChI is InChI=1S/C18H22N2O4S/c1-23-14-9-11(10-15(24-2)16(14)21)8-13-17(22)20(18(25)19-13)12-6-4-3-5-7-12/h8-10,12,21H,3-7H2,1-2H3,(H,19,25)/b13-8-. The molecule has 0 unspecified atom stereocenters. The average Bonchev–Trinajstić information content (AvgIpc) is 2.90. The summed E-state index contributed by atoms with van der Waals surface area (Å²) in [5, 5.41) is 13.5. The number of ether oxygens (including phenoxy) is 2. The van der Waals surface area contributed by atoms with Gasteiger partial charge in [-0.3, -0.25) is 9.69 Å². The lowest BCUT2D eigenvalue weighted by Crippen LogP contribution is -2.41. The van der Waals surface area contributed by atoms with Gasteiger partial charge in [0.05, 0.1) is 14.2 Å². The number of nitrogens with zero attached hydrogens (tertiary/aromatic N) is 1. The van der Waals surface area contributed by atoms with E-state index >= 15 is 0 Å². The Morgan fingerprint density at radius 2 is 1.80 bits per heavy atom. The number of phenolic OH excluding ortho intramolecular Hbond substituents is 1. The maximum Gasteiger partial charge on any atom is 0.276 e. The molecular weight excluding hydrogens is 340 g/mol. The Morgan fingerprint density at radius 1 is 1.20 bits per heavy atom. The molecule has 1 saturated carbocycles. The zero-order valence-corrected chi connectivity index (χ0v) is 15.2. The van der Waals surface area contributed by atoms with Crippen molar-refractivity contribution in [3.63, 3.8) is 0 Å². The van der Waals surface area contributed by atoms with Crippen LogP contribution in [-0.2, 0) is 4.79 Å². The van der Waals surface area contributed by atoms with Crippen molar-refractivity contribution in [3.05, 3.63) is 23.4 Å². The summed E-state index contributed by atoms with van der Waals surface area (Å²) in [6.45, 7) is 0. The van der Waals surface area contributed by atoms with Crippen molar-refractivity contribution in [2.45, 2.75) is 38.1 Å². The number of amides is 1. The van der Waals surface area contributed by atoms with Crippen LogP contribution in [0.5, 0.6) is 17.2 Å². The molecule has 1 aliphatic carbocycles. The van der Waals surface area contributed by atoms with E-state index in [1.165, 1.54) is 20.6 Å². The Kier molecular flexibility index (Phi) is 5.13. The van der Waals surface area contributed by atoms with Gasteiger partial charge in [-0.25, -0.2) is 0 Å². The number of rotatable bonds is 4. The topological polar surface area (TPSA) is 71.0 Å². The molecular formula is C18H22N2O4S. The SMILES string of the molecule is COc1cc(/C=C2\NC(=S)N(C3CCCCC3)C2=O)cc(OC)c1O. The van der Waals surface area contributed by atoms with Crippen molar-refractivity contribution in [1.82, 2.24) is 10.2 Å². The Bertz CT molecular complexity index is 701. The summed E-state index contributed by atoms with van der Waals surface area (Å²) >= 11 is 5.37. The maximum absolute atomic E-state index is 12.8. The van der Waals surface area contributed by atoms with Gasteiger partial charge in [0.15, 0.2) is 16.6 Å². The summed E-state index contributed by atoms with van der Waals surface area (Å²) in [6, 6.07) is 3.47. The van der Waals surface area contributed by atoms with Gasteiger partial charge in [-0.05, 0) is 48.8 Å². The Balaban J connectivity index is 1.89. The molecule has 0 atom stereocenters. The smallest absolute Gasteiger partial charge is 0.276 e. The molecule has 1 heterocycles. The molecule has 0 spiro atoms. The molecule has 0 bridgehead atoms. The van der Waals surface area contributed by atoms with Crippen molar-refractivity contribution < 1.29 is 19.4 Å². The molecule has 7 heteroatoms. The van der Waals surface area contributed by atoms with E-state index in [1.807, 2.05) is 0 Å². The average molecular weight is 362 g/mol. The number of carbonyl (C=O) groups is 1. The number of carbonyl (C=O) groups excluding carboxylic acids is 1. The highest BCUT2D eigenvalue weighted by atomic mass is 32.1. The van der Waals surface area contributed by atoms with Gasteiger partial charge in [-0.15, -0.1) is 0 Å². The van der Waals surface area contributed by atoms with Crippen LogP contribution in [0.3, 0.4) is 0 Å². The van der Waals surface area contributed by atoms with Gasteiger partial charge in [0.1, 0.15) is 5.70 Å². The molecule has 1 aliphatic heterocycles.